The van der Waals surface area contributed by atoms with Crippen LogP contribution in [0.5, 0.6) is 5.75 Å². The van der Waals surface area contributed by atoms with Crippen LogP contribution >= 0.6 is 0 Å². The summed E-state index contributed by atoms with van der Waals surface area (Å²) >= 11 is 0. The normalized spacial score (nSPS) is 12.8. The van der Waals surface area contributed by atoms with Crippen molar-refractivity contribution in [2.75, 3.05) is 23.0 Å². The minimum absolute atomic E-state index is 0.248. The summed E-state index contributed by atoms with van der Waals surface area (Å²) in [6.07, 6.45) is 1.04. The number of anilines is 2. The first-order valence-electron chi connectivity index (χ1n) is 11.0. The number of nitrogens with one attached hydrogen (secondary N) is 2. The monoisotopic (exact) mass is 495 g/mol. The van der Waals surface area contributed by atoms with Gasteiger partial charge in [0.05, 0.1) is 36.3 Å². The fraction of sp³-hybridized carbons (Fsp3) is 0.231. The van der Waals surface area contributed by atoms with Crippen molar-refractivity contribution >= 4 is 33.2 Å². The standard InChI is InChI=1S/C26H29N3O5S/c1-18(20-10-6-5-7-11-20)27-26(31)23-12-8-9-13-24(23)28-25(30)19(2)29(35(4,32)33)21-14-16-22(34-3)17-15-21/h5-19H,1-4H3,(H,27,31)(H,28,30)/t18-,19-/m1/s1. The van der Waals surface area contributed by atoms with Gasteiger partial charge in [-0.2, -0.15) is 0 Å². The van der Waals surface area contributed by atoms with Crippen LogP contribution in [-0.4, -0.2) is 39.6 Å². The quantitative estimate of drug-likeness (QED) is 0.467. The molecule has 0 saturated heterocycles. The van der Waals surface area contributed by atoms with Crippen molar-refractivity contribution in [1.29, 1.82) is 0 Å². The number of ether oxygens (including phenoxy) is 1. The predicted molar refractivity (Wildman–Crippen MR) is 137 cm³/mol. The Morgan fingerprint density at radius 3 is 2.09 bits per heavy atom. The molecular formula is C26H29N3O5S. The molecule has 0 aliphatic carbocycles. The molecule has 9 heteroatoms. The molecule has 0 aliphatic rings. The third kappa shape index (κ3) is 6.39. The number of hydrogen-bond donors (Lipinski definition) is 2. The van der Waals surface area contributed by atoms with Gasteiger partial charge in [-0.05, 0) is 55.8 Å². The Balaban J connectivity index is 1.81. The lowest BCUT2D eigenvalue weighted by Gasteiger charge is -2.28. The molecule has 35 heavy (non-hydrogen) atoms. The maximum absolute atomic E-state index is 13.1. The molecule has 0 spiro atoms. The fourth-order valence-electron chi connectivity index (χ4n) is 3.66. The zero-order chi connectivity index (χ0) is 25.6. The number of carbonyl (C=O) groups is 2. The lowest BCUT2D eigenvalue weighted by molar-refractivity contribution is -0.116. The number of rotatable bonds is 9. The van der Waals surface area contributed by atoms with Crippen LogP contribution in [0.1, 0.15) is 35.8 Å². The van der Waals surface area contributed by atoms with E-state index >= 15 is 0 Å². The molecule has 0 fully saturated rings. The molecule has 184 valence electrons. The molecule has 0 unspecified atom stereocenters. The largest absolute Gasteiger partial charge is 0.497 e. The number of amides is 2. The Morgan fingerprint density at radius 2 is 1.49 bits per heavy atom. The molecule has 0 aromatic heterocycles. The molecule has 3 rings (SSSR count). The van der Waals surface area contributed by atoms with Crippen molar-refractivity contribution in [2.45, 2.75) is 25.9 Å². The van der Waals surface area contributed by atoms with Crippen LogP contribution in [0.2, 0.25) is 0 Å². The summed E-state index contributed by atoms with van der Waals surface area (Å²) in [5.41, 5.74) is 1.81. The van der Waals surface area contributed by atoms with E-state index in [0.717, 1.165) is 16.1 Å². The Morgan fingerprint density at radius 1 is 0.886 bits per heavy atom. The van der Waals surface area contributed by atoms with E-state index in [1.54, 1.807) is 48.5 Å². The second-order valence-corrected chi connectivity index (χ2v) is 9.93. The smallest absolute Gasteiger partial charge is 0.253 e. The summed E-state index contributed by atoms with van der Waals surface area (Å²) < 4.78 is 31.3. The van der Waals surface area contributed by atoms with E-state index in [1.165, 1.54) is 14.0 Å². The number of para-hydroxylation sites is 1. The van der Waals surface area contributed by atoms with Gasteiger partial charge in [0.15, 0.2) is 0 Å². The topological polar surface area (TPSA) is 105 Å². The maximum atomic E-state index is 13.1. The summed E-state index contributed by atoms with van der Waals surface area (Å²) in [4.78, 5) is 26.1. The Kier molecular flexibility index (Phi) is 8.14. The van der Waals surface area contributed by atoms with Gasteiger partial charge in [-0.1, -0.05) is 42.5 Å². The molecule has 0 radical (unpaired) electrons. The van der Waals surface area contributed by atoms with Gasteiger partial charge in [-0.15, -0.1) is 0 Å². The molecule has 2 N–H and O–H groups in total. The number of carbonyl (C=O) groups excluding carboxylic acids is 2. The Hall–Kier alpha value is -3.85. The van der Waals surface area contributed by atoms with E-state index < -0.39 is 22.0 Å². The SMILES string of the molecule is COc1ccc(N([C@H](C)C(=O)Nc2ccccc2C(=O)N[C@H](C)c2ccccc2)S(C)(=O)=O)cc1. The molecule has 0 heterocycles. The number of methoxy groups -OCH3 is 1. The van der Waals surface area contributed by atoms with Crippen LogP contribution in [-0.2, 0) is 14.8 Å². The van der Waals surface area contributed by atoms with Crippen LogP contribution in [0, 0.1) is 0 Å². The van der Waals surface area contributed by atoms with Crippen molar-refractivity contribution in [3.63, 3.8) is 0 Å². The van der Waals surface area contributed by atoms with E-state index in [2.05, 4.69) is 10.6 Å². The average molecular weight is 496 g/mol. The number of sulfonamides is 1. The first-order valence-corrected chi connectivity index (χ1v) is 12.9. The molecule has 0 bridgehead atoms. The van der Waals surface area contributed by atoms with Crippen LogP contribution in [0.4, 0.5) is 11.4 Å². The summed E-state index contributed by atoms with van der Waals surface area (Å²) in [6, 6.07) is 21.1. The number of nitrogens with zero attached hydrogens (tertiary/aromatic N) is 1. The molecule has 8 nitrogen and oxygen atoms in total. The molecule has 0 saturated carbocycles. The summed E-state index contributed by atoms with van der Waals surface area (Å²) in [5.74, 6) is -0.383. The predicted octanol–water partition coefficient (Wildman–Crippen LogP) is 3.98. The fourth-order valence-corrected chi connectivity index (χ4v) is 4.84. The van der Waals surface area contributed by atoms with Gasteiger partial charge in [-0.25, -0.2) is 8.42 Å². The van der Waals surface area contributed by atoms with Crippen molar-refractivity contribution in [3.8, 4) is 5.75 Å². The molecule has 0 aliphatic heterocycles. The summed E-state index contributed by atoms with van der Waals surface area (Å²) in [5, 5.41) is 5.65. The first-order chi connectivity index (χ1) is 16.6. The highest BCUT2D eigenvalue weighted by molar-refractivity contribution is 7.92. The minimum atomic E-state index is -3.79. The highest BCUT2D eigenvalue weighted by atomic mass is 32.2. The van der Waals surface area contributed by atoms with Gasteiger partial charge in [-0.3, -0.25) is 13.9 Å². The molecule has 3 aromatic rings. The average Bonchev–Trinajstić information content (AvgIpc) is 2.84. The van der Waals surface area contributed by atoms with E-state index in [1.807, 2.05) is 37.3 Å². The van der Waals surface area contributed by atoms with Crippen molar-refractivity contribution in [3.05, 3.63) is 90.0 Å². The minimum Gasteiger partial charge on any atom is -0.497 e. The van der Waals surface area contributed by atoms with Crippen LogP contribution in [0.3, 0.4) is 0 Å². The summed E-state index contributed by atoms with van der Waals surface area (Å²) in [7, 11) is -2.29. The second kappa shape index (κ2) is 11.1. The van der Waals surface area contributed by atoms with E-state index in [4.69, 9.17) is 4.74 Å². The third-order valence-electron chi connectivity index (χ3n) is 5.49. The Bertz CT molecular complexity index is 1280. The highest BCUT2D eigenvalue weighted by Gasteiger charge is 2.30. The van der Waals surface area contributed by atoms with Crippen LogP contribution in [0.25, 0.3) is 0 Å². The van der Waals surface area contributed by atoms with Gasteiger partial charge in [0.2, 0.25) is 15.9 Å². The van der Waals surface area contributed by atoms with Gasteiger partial charge in [0.1, 0.15) is 11.8 Å². The molecule has 3 aromatic carbocycles. The second-order valence-electron chi connectivity index (χ2n) is 8.07. The maximum Gasteiger partial charge on any atom is 0.253 e. The van der Waals surface area contributed by atoms with Crippen molar-refractivity contribution < 1.29 is 22.7 Å². The zero-order valence-corrected chi connectivity index (χ0v) is 20.9. The lowest BCUT2D eigenvalue weighted by atomic mass is 10.1. The highest BCUT2D eigenvalue weighted by Crippen LogP contribution is 2.25. The number of hydrogen-bond acceptors (Lipinski definition) is 5. The molecule has 2 amide bonds. The Labute approximate surface area is 206 Å². The summed E-state index contributed by atoms with van der Waals surface area (Å²) in [6.45, 7) is 3.36. The number of benzene rings is 3. The zero-order valence-electron chi connectivity index (χ0n) is 20.1. The van der Waals surface area contributed by atoms with Gasteiger partial charge < -0.3 is 15.4 Å². The van der Waals surface area contributed by atoms with Crippen LogP contribution in [0.15, 0.2) is 78.9 Å². The van der Waals surface area contributed by atoms with Gasteiger partial charge in [0, 0.05) is 0 Å². The van der Waals surface area contributed by atoms with E-state index in [9.17, 15) is 18.0 Å². The third-order valence-corrected chi connectivity index (χ3v) is 6.73. The van der Waals surface area contributed by atoms with E-state index in [-0.39, 0.29) is 23.2 Å². The molecular weight excluding hydrogens is 466 g/mol. The van der Waals surface area contributed by atoms with Gasteiger partial charge >= 0.3 is 0 Å². The molecule has 2 atom stereocenters. The van der Waals surface area contributed by atoms with Crippen molar-refractivity contribution in [2.24, 2.45) is 0 Å². The van der Waals surface area contributed by atoms with Crippen LogP contribution < -0.4 is 19.7 Å². The lowest BCUT2D eigenvalue weighted by Crippen LogP contribution is -2.45. The van der Waals surface area contributed by atoms with Crippen molar-refractivity contribution in [1.82, 2.24) is 5.32 Å². The first kappa shape index (κ1) is 25.8. The van der Waals surface area contributed by atoms with E-state index in [0.29, 0.717) is 11.4 Å². The van der Waals surface area contributed by atoms with Gasteiger partial charge in [0.25, 0.3) is 5.91 Å².